The van der Waals surface area contributed by atoms with E-state index in [4.69, 9.17) is 32.4 Å². The molecule has 0 radical (unpaired) electrons. The van der Waals surface area contributed by atoms with Crippen molar-refractivity contribution in [2.75, 3.05) is 6.61 Å². The fourth-order valence-corrected chi connectivity index (χ4v) is 2.61. The minimum Gasteiger partial charge on any atom is -0.483 e. The summed E-state index contributed by atoms with van der Waals surface area (Å²) < 4.78 is 23.2. The van der Waals surface area contributed by atoms with Crippen molar-refractivity contribution in [2.24, 2.45) is 5.73 Å². The Morgan fingerprint density at radius 3 is 2.83 bits per heavy atom. The van der Waals surface area contributed by atoms with Gasteiger partial charge in [-0.25, -0.2) is 8.76 Å². The maximum Gasteiger partial charge on any atom is 0.143 e. The lowest BCUT2D eigenvalue weighted by molar-refractivity contribution is 0.164. The zero-order valence-electron chi connectivity index (χ0n) is 11.8. The molecule has 0 fully saturated rings. The van der Waals surface area contributed by atoms with Gasteiger partial charge in [0.2, 0.25) is 0 Å². The second kappa shape index (κ2) is 9.01. The van der Waals surface area contributed by atoms with Crippen LogP contribution >= 0.6 is 35.5 Å². The molecule has 3 N–H and O–H groups in total. The minimum atomic E-state index is -0.688. The van der Waals surface area contributed by atoms with Crippen LogP contribution in [0.2, 0.25) is 5.02 Å². The number of aliphatic hydroxyl groups is 1. The molecule has 1 heterocycles. The SMILES string of the molecule is Cl.N#Cc1cc(F)c(Cl)cc1O[C@H](C[C@H](N)CO)c1ccns1. The lowest BCUT2D eigenvalue weighted by Gasteiger charge is -2.21. The Morgan fingerprint density at radius 2 is 2.26 bits per heavy atom. The standard InChI is InChI=1S/C14H13ClFN3O2S.ClH/c15-10-5-12(8(6-17)3-11(10)16)21-13(4-9(18)7-20)14-1-2-19-22-14;/h1-3,5,9,13,20H,4,7,18H2;1H/t9-,13+;/m0./s1. The molecule has 2 atom stereocenters. The van der Waals surface area contributed by atoms with Gasteiger partial charge in [-0.3, -0.25) is 0 Å². The molecule has 5 nitrogen and oxygen atoms in total. The molecule has 0 bridgehead atoms. The van der Waals surface area contributed by atoms with Crippen LogP contribution in [0.15, 0.2) is 24.4 Å². The van der Waals surface area contributed by atoms with Gasteiger partial charge in [0.25, 0.3) is 0 Å². The van der Waals surface area contributed by atoms with Crippen molar-refractivity contribution in [2.45, 2.75) is 18.6 Å². The normalized spacial score (nSPS) is 12.8. The number of nitrogens with two attached hydrogens (primary N) is 1. The summed E-state index contributed by atoms with van der Waals surface area (Å²) >= 11 is 6.97. The van der Waals surface area contributed by atoms with Gasteiger partial charge in [-0.2, -0.15) is 5.26 Å². The highest BCUT2D eigenvalue weighted by molar-refractivity contribution is 7.05. The lowest BCUT2D eigenvalue weighted by Crippen LogP contribution is -2.28. The molecule has 1 aromatic heterocycles. The average molecular weight is 378 g/mol. The fraction of sp³-hybridized carbons (Fsp3) is 0.286. The summed E-state index contributed by atoms with van der Waals surface area (Å²) in [5.74, 6) is -0.524. The monoisotopic (exact) mass is 377 g/mol. The Balaban J connectivity index is 0.00000264. The Kier molecular flexibility index (Phi) is 7.68. The summed E-state index contributed by atoms with van der Waals surface area (Å²) in [5, 5.41) is 18.1. The molecule has 0 aliphatic carbocycles. The first-order valence-corrected chi connectivity index (χ1v) is 7.53. The highest BCUT2D eigenvalue weighted by Crippen LogP contribution is 2.32. The van der Waals surface area contributed by atoms with E-state index < -0.39 is 18.0 Å². The summed E-state index contributed by atoms with van der Waals surface area (Å²) in [6.07, 6.45) is 1.42. The van der Waals surface area contributed by atoms with Crippen molar-refractivity contribution in [3.05, 3.63) is 45.7 Å². The van der Waals surface area contributed by atoms with Crippen molar-refractivity contribution in [3.63, 3.8) is 0 Å². The van der Waals surface area contributed by atoms with Gasteiger partial charge in [0, 0.05) is 24.7 Å². The van der Waals surface area contributed by atoms with Crippen LogP contribution in [0.3, 0.4) is 0 Å². The molecule has 0 saturated heterocycles. The molecular weight excluding hydrogens is 364 g/mol. The van der Waals surface area contributed by atoms with Crippen LogP contribution in [0.5, 0.6) is 5.75 Å². The largest absolute Gasteiger partial charge is 0.483 e. The first-order chi connectivity index (χ1) is 10.5. The van der Waals surface area contributed by atoms with E-state index in [1.807, 2.05) is 6.07 Å². The molecule has 0 saturated carbocycles. The van der Waals surface area contributed by atoms with Crippen LogP contribution in [0, 0.1) is 17.1 Å². The number of halogens is 3. The Labute approximate surface area is 148 Å². The second-order valence-corrected chi connectivity index (χ2v) is 5.85. The van der Waals surface area contributed by atoms with Gasteiger partial charge in [-0.1, -0.05) is 11.6 Å². The Morgan fingerprint density at radius 1 is 1.52 bits per heavy atom. The fourth-order valence-electron chi connectivity index (χ4n) is 1.83. The number of rotatable bonds is 6. The molecule has 0 aliphatic rings. The molecule has 124 valence electrons. The zero-order valence-corrected chi connectivity index (χ0v) is 14.2. The first-order valence-electron chi connectivity index (χ1n) is 6.38. The predicted molar refractivity (Wildman–Crippen MR) is 88.5 cm³/mol. The van der Waals surface area contributed by atoms with Gasteiger partial charge in [-0.15, -0.1) is 12.4 Å². The summed E-state index contributed by atoms with van der Waals surface area (Å²) in [6.45, 7) is -0.200. The quantitative estimate of drug-likeness (QED) is 0.806. The molecule has 23 heavy (non-hydrogen) atoms. The Bertz CT molecular complexity index is 679. The van der Waals surface area contributed by atoms with Crippen molar-refractivity contribution >= 4 is 35.5 Å². The van der Waals surface area contributed by atoms with Gasteiger partial charge in [-0.05, 0) is 23.7 Å². The third-order valence-electron chi connectivity index (χ3n) is 2.94. The van der Waals surface area contributed by atoms with Crippen LogP contribution in [-0.4, -0.2) is 22.1 Å². The summed E-state index contributed by atoms with van der Waals surface area (Å²) in [5.41, 5.74) is 5.80. The molecule has 0 aliphatic heterocycles. The van der Waals surface area contributed by atoms with Crippen molar-refractivity contribution in [1.82, 2.24) is 4.37 Å². The minimum absolute atomic E-state index is 0. The molecule has 2 aromatic rings. The molecule has 0 amide bonds. The average Bonchev–Trinajstić information content (AvgIpc) is 3.04. The number of nitriles is 1. The molecule has 2 rings (SSSR count). The van der Waals surface area contributed by atoms with Gasteiger partial charge in [0.05, 0.1) is 22.1 Å². The van der Waals surface area contributed by atoms with Gasteiger partial charge < -0.3 is 15.6 Å². The molecule has 1 aromatic carbocycles. The third kappa shape index (κ3) is 5.03. The molecule has 9 heteroatoms. The van der Waals surface area contributed by atoms with Crippen LogP contribution in [0.4, 0.5) is 4.39 Å². The number of aliphatic hydroxyl groups excluding tert-OH is 1. The highest BCUT2D eigenvalue weighted by Gasteiger charge is 2.21. The van der Waals surface area contributed by atoms with Gasteiger partial charge in [0.15, 0.2) is 0 Å². The number of hydrogen-bond acceptors (Lipinski definition) is 6. The van der Waals surface area contributed by atoms with E-state index in [9.17, 15) is 4.39 Å². The van der Waals surface area contributed by atoms with Crippen molar-refractivity contribution < 1.29 is 14.2 Å². The smallest absolute Gasteiger partial charge is 0.143 e. The predicted octanol–water partition coefficient (Wildman–Crippen LogP) is 3.06. The third-order valence-corrected chi connectivity index (χ3v) is 4.07. The van der Waals surface area contributed by atoms with E-state index in [1.165, 1.54) is 17.6 Å². The zero-order chi connectivity index (χ0) is 16.1. The van der Waals surface area contributed by atoms with Crippen LogP contribution in [0.25, 0.3) is 0 Å². The second-order valence-electron chi connectivity index (χ2n) is 4.57. The molecule has 0 spiro atoms. The number of ether oxygens (including phenoxy) is 1. The number of aromatic nitrogens is 1. The Hall–Kier alpha value is -1.43. The first kappa shape index (κ1) is 19.6. The van der Waals surface area contributed by atoms with E-state index in [1.54, 1.807) is 12.3 Å². The van der Waals surface area contributed by atoms with Crippen LogP contribution < -0.4 is 10.5 Å². The highest BCUT2D eigenvalue weighted by atomic mass is 35.5. The summed E-state index contributed by atoms with van der Waals surface area (Å²) in [4.78, 5) is 0.785. The van der Waals surface area contributed by atoms with E-state index in [0.29, 0.717) is 6.42 Å². The van der Waals surface area contributed by atoms with E-state index in [0.717, 1.165) is 10.9 Å². The lowest BCUT2D eigenvalue weighted by atomic mass is 10.1. The van der Waals surface area contributed by atoms with E-state index in [-0.39, 0.29) is 35.3 Å². The summed E-state index contributed by atoms with van der Waals surface area (Å²) in [7, 11) is 0. The van der Waals surface area contributed by atoms with Crippen molar-refractivity contribution in [3.8, 4) is 11.8 Å². The van der Waals surface area contributed by atoms with Crippen LogP contribution in [0.1, 0.15) is 23.0 Å². The van der Waals surface area contributed by atoms with Gasteiger partial charge >= 0.3 is 0 Å². The number of hydrogen-bond donors (Lipinski definition) is 2. The molecule has 0 unspecified atom stereocenters. The maximum absolute atomic E-state index is 13.4. The van der Waals surface area contributed by atoms with E-state index in [2.05, 4.69) is 4.37 Å². The molecular formula is C14H14Cl2FN3O2S. The maximum atomic E-state index is 13.4. The van der Waals surface area contributed by atoms with Crippen molar-refractivity contribution in [1.29, 1.82) is 5.26 Å². The number of nitrogens with zero attached hydrogens (tertiary/aromatic N) is 2. The van der Waals surface area contributed by atoms with E-state index >= 15 is 0 Å². The number of benzene rings is 1. The van der Waals surface area contributed by atoms with Gasteiger partial charge in [0.1, 0.15) is 23.7 Å². The topological polar surface area (TPSA) is 92.2 Å². The summed E-state index contributed by atoms with van der Waals surface area (Å²) in [6, 6.07) is 5.41. The van der Waals surface area contributed by atoms with Crippen LogP contribution in [-0.2, 0) is 0 Å².